The molecule has 0 unspecified atom stereocenters. The van der Waals surface area contributed by atoms with Gasteiger partial charge in [0.15, 0.2) is 0 Å². The molecule has 0 radical (unpaired) electrons. The van der Waals surface area contributed by atoms with Gasteiger partial charge in [0.05, 0.1) is 5.92 Å². The van der Waals surface area contributed by atoms with E-state index in [0.717, 1.165) is 32.4 Å². The summed E-state index contributed by atoms with van der Waals surface area (Å²) in [6, 6.07) is 0. The van der Waals surface area contributed by atoms with Gasteiger partial charge in [0.1, 0.15) is 0 Å². The monoisotopic (exact) mass is 183 g/mol. The van der Waals surface area contributed by atoms with Crippen LogP contribution >= 0.6 is 0 Å². The molecule has 1 heterocycles. The zero-order valence-corrected chi connectivity index (χ0v) is 8.12. The predicted molar refractivity (Wildman–Crippen MR) is 49.5 cm³/mol. The largest absolute Gasteiger partial charge is 0.481 e. The maximum atomic E-state index is 10.8. The topological polar surface area (TPSA) is 40.5 Å². The van der Waals surface area contributed by atoms with Crippen LogP contribution in [0.3, 0.4) is 0 Å². The van der Waals surface area contributed by atoms with E-state index >= 15 is 0 Å². The van der Waals surface area contributed by atoms with E-state index in [-0.39, 0.29) is 5.92 Å². The number of rotatable bonds is 1. The lowest BCUT2D eigenvalue weighted by Gasteiger charge is -2.22. The van der Waals surface area contributed by atoms with Gasteiger partial charge in [-0.2, -0.15) is 0 Å². The average Bonchev–Trinajstić information content (AvgIpc) is 2.61. The molecule has 2 atom stereocenters. The molecule has 13 heavy (non-hydrogen) atoms. The lowest BCUT2D eigenvalue weighted by molar-refractivity contribution is -0.141. The minimum Gasteiger partial charge on any atom is -0.481 e. The standard InChI is InChI=1S/C10H17NO2/c1-11-5-4-10(7-11)3-2-8(6-10)9(12)13/h8H,2-7H2,1H3,(H,12,13)/t8-,10-/m0/s1. The van der Waals surface area contributed by atoms with Crippen LogP contribution in [0.15, 0.2) is 0 Å². The molecule has 2 aliphatic rings. The molecular formula is C10H17NO2. The lowest BCUT2D eigenvalue weighted by atomic mass is 9.84. The second-order valence-corrected chi connectivity index (χ2v) is 4.77. The van der Waals surface area contributed by atoms with Crippen LogP contribution < -0.4 is 0 Å². The molecule has 1 saturated carbocycles. The van der Waals surface area contributed by atoms with Gasteiger partial charge in [0.25, 0.3) is 0 Å². The van der Waals surface area contributed by atoms with E-state index in [1.807, 2.05) is 0 Å². The van der Waals surface area contributed by atoms with Crippen molar-refractivity contribution in [3.05, 3.63) is 0 Å². The summed E-state index contributed by atoms with van der Waals surface area (Å²) in [4.78, 5) is 13.1. The molecule has 3 heteroatoms. The fourth-order valence-electron chi connectivity index (χ4n) is 2.95. The van der Waals surface area contributed by atoms with Crippen molar-refractivity contribution in [3.8, 4) is 0 Å². The zero-order valence-electron chi connectivity index (χ0n) is 8.12. The van der Waals surface area contributed by atoms with Crippen molar-refractivity contribution >= 4 is 5.97 Å². The van der Waals surface area contributed by atoms with Crippen LogP contribution in [0.2, 0.25) is 0 Å². The van der Waals surface area contributed by atoms with Crippen LogP contribution in [-0.4, -0.2) is 36.1 Å². The van der Waals surface area contributed by atoms with Gasteiger partial charge in [-0.3, -0.25) is 4.79 Å². The van der Waals surface area contributed by atoms with Crippen molar-refractivity contribution in [2.45, 2.75) is 25.7 Å². The van der Waals surface area contributed by atoms with Gasteiger partial charge in [0, 0.05) is 6.54 Å². The maximum Gasteiger partial charge on any atom is 0.306 e. The van der Waals surface area contributed by atoms with Crippen LogP contribution in [-0.2, 0) is 4.79 Å². The number of likely N-dealkylation sites (tertiary alicyclic amines) is 1. The Morgan fingerprint density at radius 3 is 2.77 bits per heavy atom. The highest BCUT2D eigenvalue weighted by Crippen LogP contribution is 2.47. The molecule has 1 aliphatic carbocycles. The Bertz CT molecular complexity index is 229. The van der Waals surface area contributed by atoms with E-state index in [0.29, 0.717) is 5.41 Å². The minimum absolute atomic E-state index is 0.0634. The van der Waals surface area contributed by atoms with Crippen LogP contribution in [0.5, 0.6) is 0 Å². The van der Waals surface area contributed by atoms with Crippen molar-refractivity contribution in [2.24, 2.45) is 11.3 Å². The van der Waals surface area contributed by atoms with Crippen LogP contribution in [0, 0.1) is 11.3 Å². The third-order valence-electron chi connectivity index (χ3n) is 3.68. The maximum absolute atomic E-state index is 10.8. The highest BCUT2D eigenvalue weighted by atomic mass is 16.4. The summed E-state index contributed by atoms with van der Waals surface area (Å²) < 4.78 is 0. The summed E-state index contributed by atoms with van der Waals surface area (Å²) in [5.74, 6) is -0.655. The van der Waals surface area contributed by atoms with Crippen LogP contribution in [0.1, 0.15) is 25.7 Å². The number of hydrogen-bond acceptors (Lipinski definition) is 2. The average molecular weight is 183 g/mol. The first-order valence-electron chi connectivity index (χ1n) is 5.03. The Balaban J connectivity index is 2.01. The number of hydrogen-bond donors (Lipinski definition) is 1. The van der Waals surface area contributed by atoms with Gasteiger partial charge in [0.2, 0.25) is 0 Å². The fraction of sp³-hybridized carbons (Fsp3) is 0.900. The van der Waals surface area contributed by atoms with E-state index < -0.39 is 5.97 Å². The third kappa shape index (κ3) is 1.57. The fourth-order valence-corrected chi connectivity index (χ4v) is 2.95. The highest BCUT2D eigenvalue weighted by molar-refractivity contribution is 5.70. The van der Waals surface area contributed by atoms with E-state index in [4.69, 9.17) is 5.11 Å². The van der Waals surface area contributed by atoms with E-state index in [1.54, 1.807) is 0 Å². The Kier molecular flexibility index (Phi) is 2.06. The number of carbonyl (C=O) groups is 1. The summed E-state index contributed by atoms with van der Waals surface area (Å²) in [6.45, 7) is 2.25. The Morgan fingerprint density at radius 2 is 2.31 bits per heavy atom. The second kappa shape index (κ2) is 2.98. The summed E-state index contributed by atoms with van der Waals surface area (Å²) in [7, 11) is 2.13. The van der Waals surface area contributed by atoms with Gasteiger partial charge in [-0.1, -0.05) is 0 Å². The smallest absolute Gasteiger partial charge is 0.306 e. The lowest BCUT2D eigenvalue weighted by Crippen LogP contribution is -2.23. The molecule has 0 aromatic heterocycles. The number of aliphatic carboxylic acids is 1. The van der Waals surface area contributed by atoms with Crippen LogP contribution in [0.4, 0.5) is 0 Å². The molecule has 1 N–H and O–H groups in total. The molecule has 0 aromatic rings. The quantitative estimate of drug-likeness (QED) is 0.664. The summed E-state index contributed by atoms with van der Waals surface area (Å²) in [5.41, 5.74) is 0.359. The Hall–Kier alpha value is -0.570. The highest BCUT2D eigenvalue weighted by Gasteiger charge is 2.44. The van der Waals surface area contributed by atoms with Gasteiger partial charge in [-0.05, 0) is 44.7 Å². The van der Waals surface area contributed by atoms with E-state index in [1.165, 1.54) is 6.42 Å². The SMILES string of the molecule is CN1CC[C@]2(CC[C@H](C(=O)O)C2)C1. The van der Waals surface area contributed by atoms with Crippen molar-refractivity contribution in [2.75, 3.05) is 20.1 Å². The minimum atomic E-state index is -0.591. The molecule has 1 saturated heterocycles. The predicted octanol–water partition coefficient (Wildman–Crippen LogP) is 1.19. The van der Waals surface area contributed by atoms with Crippen molar-refractivity contribution < 1.29 is 9.90 Å². The number of nitrogens with zero attached hydrogens (tertiary/aromatic N) is 1. The Labute approximate surface area is 78.7 Å². The first-order chi connectivity index (χ1) is 6.11. The van der Waals surface area contributed by atoms with Gasteiger partial charge >= 0.3 is 5.97 Å². The Morgan fingerprint density at radius 1 is 1.54 bits per heavy atom. The molecule has 1 spiro atoms. The van der Waals surface area contributed by atoms with E-state index in [2.05, 4.69) is 11.9 Å². The first kappa shape index (κ1) is 9.00. The second-order valence-electron chi connectivity index (χ2n) is 4.77. The van der Waals surface area contributed by atoms with Crippen molar-refractivity contribution in [1.29, 1.82) is 0 Å². The van der Waals surface area contributed by atoms with Gasteiger partial charge < -0.3 is 10.0 Å². The summed E-state index contributed by atoms with van der Waals surface area (Å²) in [6.07, 6.45) is 4.12. The molecule has 3 nitrogen and oxygen atoms in total. The molecule has 1 aliphatic heterocycles. The summed E-state index contributed by atoms with van der Waals surface area (Å²) in [5, 5.41) is 8.91. The number of carboxylic acid groups (broad SMARTS) is 1. The zero-order chi connectivity index (χ0) is 9.47. The molecule has 0 bridgehead atoms. The van der Waals surface area contributed by atoms with Gasteiger partial charge in [-0.25, -0.2) is 0 Å². The normalized spacial score (nSPS) is 40.2. The molecule has 2 fully saturated rings. The van der Waals surface area contributed by atoms with E-state index in [9.17, 15) is 4.79 Å². The van der Waals surface area contributed by atoms with Crippen molar-refractivity contribution in [3.63, 3.8) is 0 Å². The first-order valence-corrected chi connectivity index (χ1v) is 5.03. The number of carboxylic acids is 1. The summed E-state index contributed by atoms with van der Waals surface area (Å²) >= 11 is 0. The molecule has 0 amide bonds. The molecular weight excluding hydrogens is 166 g/mol. The van der Waals surface area contributed by atoms with Gasteiger partial charge in [-0.15, -0.1) is 0 Å². The van der Waals surface area contributed by atoms with Crippen molar-refractivity contribution in [1.82, 2.24) is 4.90 Å². The van der Waals surface area contributed by atoms with Crippen LogP contribution in [0.25, 0.3) is 0 Å². The molecule has 74 valence electrons. The molecule has 0 aromatic carbocycles. The third-order valence-corrected chi connectivity index (χ3v) is 3.68. The molecule has 2 rings (SSSR count).